The van der Waals surface area contributed by atoms with Crippen LogP contribution in [0, 0.1) is 5.92 Å². The molecule has 18 heavy (non-hydrogen) atoms. The van der Waals surface area contributed by atoms with Crippen molar-refractivity contribution >= 4 is 11.3 Å². The van der Waals surface area contributed by atoms with E-state index >= 15 is 0 Å². The first-order valence-electron chi connectivity index (χ1n) is 7.00. The lowest BCUT2D eigenvalue weighted by Crippen LogP contribution is -2.37. The minimum Gasteiger partial charge on any atom is -0.330 e. The van der Waals surface area contributed by atoms with Gasteiger partial charge in [-0.05, 0) is 49.4 Å². The van der Waals surface area contributed by atoms with Crippen LogP contribution in [-0.2, 0) is 12.0 Å². The minimum atomic E-state index is 0.282. The maximum atomic E-state index is 5.80. The van der Waals surface area contributed by atoms with Crippen LogP contribution >= 0.6 is 11.3 Å². The van der Waals surface area contributed by atoms with Crippen LogP contribution in [0.4, 0.5) is 0 Å². The molecule has 2 N–H and O–H groups in total. The molecule has 0 amide bonds. The van der Waals surface area contributed by atoms with Crippen LogP contribution < -0.4 is 5.73 Å². The van der Waals surface area contributed by atoms with E-state index in [-0.39, 0.29) is 5.41 Å². The lowest BCUT2D eigenvalue weighted by Gasteiger charge is -2.31. The van der Waals surface area contributed by atoms with Crippen LogP contribution in [0.15, 0.2) is 12.1 Å². The van der Waals surface area contributed by atoms with E-state index < -0.39 is 0 Å². The fraction of sp³-hybridized carbons (Fsp3) is 0.733. The van der Waals surface area contributed by atoms with Crippen molar-refractivity contribution in [3.63, 3.8) is 0 Å². The second-order valence-electron chi connectivity index (χ2n) is 6.50. The number of hydrogen-bond acceptors (Lipinski definition) is 3. The maximum Gasteiger partial charge on any atom is 0.0328 e. The van der Waals surface area contributed by atoms with Gasteiger partial charge in [-0.2, -0.15) is 0 Å². The summed E-state index contributed by atoms with van der Waals surface area (Å²) in [5.74, 6) is 0.709. The molecule has 1 aromatic rings. The largest absolute Gasteiger partial charge is 0.330 e. The highest BCUT2D eigenvalue weighted by Gasteiger charge is 2.20. The van der Waals surface area contributed by atoms with Gasteiger partial charge in [0, 0.05) is 22.8 Å². The Labute approximate surface area is 115 Å². The summed E-state index contributed by atoms with van der Waals surface area (Å²) in [6.07, 6.45) is 2.62. The molecule has 0 bridgehead atoms. The van der Waals surface area contributed by atoms with E-state index in [9.17, 15) is 0 Å². The van der Waals surface area contributed by atoms with Crippen LogP contribution in [0.1, 0.15) is 43.4 Å². The number of piperidine rings is 1. The van der Waals surface area contributed by atoms with Crippen LogP contribution in [0.25, 0.3) is 0 Å². The number of thiophene rings is 1. The highest BCUT2D eigenvalue weighted by Crippen LogP contribution is 2.30. The predicted molar refractivity (Wildman–Crippen MR) is 80.1 cm³/mol. The summed E-state index contributed by atoms with van der Waals surface area (Å²) >= 11 is 1.97. The van der Waals surface area contributed by atoms with Gasteiger partial charge in [0.15, 0.2) is 0 Å². The molecule has 1 aliphatic rings. The van der Waals surface area contributed by atoms with Crippen molar-refractivity contribution in [1.29, 1.82) is 0 Å². The molecule has 3 heteroatoms. The molecule has 2 rings (SSSR count). The Kier molecular flexibility index (Phi) is 4.46. The van der Waals surface area contributed by atoms with Crippen molar-refractivity contribution in [3.05, 3.63) is 21.9 Å². The summed E-state index contributed by atoms with van der Waals surface area (Å²) < 4.78 is 0. The monoisotopic (exact) mass is 266 g/mol. The number of hydrogen-bond donors (Lipinski definition) is 1. The summed E-state index contributed by atoms with van der Waals surface area (Å²) in [6.45, 7) is 11.2. The van der Waals surface area contributed by atoms with Crippen LogP contribution in [-0.4, -0.2) is 24.5 Å². The average molecular weight is 266 g/mol. The summed E-state index contributed by atoms with van der Waals surface area (Å²) in [7, 11) is 0. The van der Waals surface area contributed by atoms with E-state index in [4.69, 9.17) is 5.73 Å². The van der Waals surface area contributed by atoms with Gasteiger partial charge in [0.25, 0.3) is 0 Å². The van der Waals surface area contributed by atoms with Gasteiger partial charge in [0.1, 0.15) is 0 Å². The SMILES string of the molecule is CC(C)(C)c1ccc(CN2CCCC(CN)C2)s1. The standard InChI is InChI=1S/C15H26N2S/c1-15(2,3)14-7-6-13(18-14)11-17-8-4-5-12(9-16)10-17/h6-7,12H,4-5,8-11,16H2,1-3H3. The van der Waals surface area contributed by atoms with Gasteiger partial charge in [-0.25, -0.2) is 0 Å². The van der Waals surface area contributed by atoms with E-state index in [2.05, 4.69) is 37.8 Å². The lowest BCUT2D eigenvalue weighted by atomic mass is 9.95. The molecule has 0 radical (unpaired) electrons. The first kappa shape index (κ1) is 14.0. The van der Waals surface area contributed by atoms with Crippen LogP contribution in [0.5, 0.6) is 0 Å². The molecule has 0 saturated carbocycles. The molecular weight excluding hydrogens is 240 g/mol. The third kappa shape index (κ3) is 3.56. The summed E-state index contributed by atoms with van der Waals surface area (Å²) in [5, 5.41) is 0. The van der Waals surface area contributed by atoms with Crippen molar-refractivity contribution in [2.45, 2.75) is 45.6 Å². The fourth-order valence-corrected chi connectivity index (χ4v) is 3.68. The minimum absolute atomic E-state index is 0.282. The van der Waals surface area contributed by atoms with E-state index in [1.807, 2.05) is 11.3 Å². The third-order valence-electron chi connectivity index (χ3n) is 3.72. The molecule has 1 saturated heterocycles. The smallest absolute Gasteiger partial charge is 0.0328 e. The quantitative estimate of drug-likeness (QED) is 0.910. The van der Waals surface area contributed by atoms with Gasteiger partial charge in [0.05, 0.1) is 0 Å². The Balaban J connectivity index is 1.95. The van der Waals surface area contributed by atoms with Gasteiger partial charge in [-0.3, -0.25) is 4.90 Å². The molecule has 0 spiro atoms. The van der Waals surface area contributed by atoms with Crippen molar-refractivity contribution in [2.24, 2.45) is 11.7 Å². The molecule has 2 heterocycles. The molecular formula is C15H26N2S. The number of rotatable bonds is 3. The second-order valence-corrected chi connectivity index (χ2v) is 7.66. The van der Waals surface area contributed by atoms with Gasteiger partial charge in [0.2, 0.25) is 0 Å². The topological polar surface area (TPSA) is 29.3 Å². The first-order valence-corrected chi connectivity index (χ1v) is 7.82. The fourth-order valence-electron chi connectivity index (χ4n) is 2.57. The maximum absolute atomic E-state index is 5.80. The molecule has 0 aromatic carbocycles. The zero-order valence-electron chi connectivity index (χ0n) is 11.9. The highest BCUT2D eigenvalue weighted by molar-refractivity contribution is 7.12. The predicted octanol–water partition coefficient (Wildman–Crippen LogP) is 3.22. The van der Waals surface area contributed by atoms with Gasteiger partial charge < -0.3 is 5.73 Å². The molecule has 1 unspecified atom stereocenters. The molecule has 1 fully saturated rings. The van der Waals surface area contributed by atoms with Crippen LogP contribution in [0.2, 0.25) is 0 Å². The number of likely N-dealkylation sites (tertiary alicyclic amines) is 1. The number of nitrogens with zero attached hydrogens (tertiary/aromatic N) is 1. The Hall–Kier alpha value is -0.380. The summed E-state index contributed by atoms with van der Waals surface area (Å²) in [5.41, 5.74) is 6.08. The van der Waals surface area contributed by atoms with E-state index in [1.54, 1.807) is 0 Å². The Morgan fingerprint density at radius 2 is 2.17 bits per heavy atom. The van der Waals surface area contributed by atoms with Gasteiger partial charge in [-0.15, -0.1) is 11.3 Å². The molecule has 2 nitrogen and oxygen atoms in total. The zero-order chi connectivity index (χ0) is 13.2. The Morgan fingerprint density at radius 1 is 1.39 bits per heavy atom. The van der Waals surface area contributed by atoms with Crippen LogP contribution in [0.3, 0.4) is 0 Å². The molecule has 1 atom stereocenters. The van der Waals surface area contributed by atoms with Crippen molar-refractivity contribution < 1.29 is 0 Å². The Bertz CT molecular complexity index is 378. The molecule has 102 valence electrons. The summed E-state index contributed by atoms with van der Waals surface area (Å²) in [6, 6.07) is 4.60. The molecule has 1 aromatic heterocycles. The third-order valence-corrected chi connectivity index (χ3v) is 5.21. The van der Waals surface area contributed by atoms with E-state index in [0.29, 0.717) is 5.92 Å². The Morgan fingerprint density at radius 3 is 2.78 bits per heavy atom. The molecule has 1 aliphatic heterocycles. The second kappa shape index (κ2) is 5.72. The lowest BCUT2D eigenvalue weighted by molar-refractivity contribution is 0.172. The van der Waals surface area contributed by atoms with Gasteiger partial charge in [-0.1, -0.05) is 20.8 Å². The normalized spacial score (nSPS) is 22.3. The van der Waals surface area contributed by atoms with E-state index in [1.165, 1.54) is 35.7 Å². The zero-order valence-corrected chi connectivity index (χ0v) is 12.7. The van der Waals surface area contributed by atoms with E-state index in [0.717, 1.165) is 13.1 Å². The molecule has 0 aliphatic carbocycles. The highest BCUT2D eigenvalue weighted by atomic mass is 32.1. The van der Waals surface area contributed by atoms with Crippen molar-refractivity contribution in [3.8, 4) is 0 Å². The summed E-state index contributed by atoms with van der Waals surface area (Å²) in [4.78, 5) is 5.56. The average Bonchev–Trinajstić information content (AvgIpc) is 2.77. The number of nitrogens with two attached hydrogens (primary N) is 1. The van der Waals surface area contributed by atoms with Gasteiger partial charge >= 0.3 is 0 Å². The van der Waals surface area contributed by atoms with Crippen molar-refractivity contribution in [2.75, 3.05) is 19.6 Å². The van der Waals surface area contributed by atoms with Crippen molar-refractivity contribution in [1.82, 2.24) is 4.90 Å². The first-order chi connectivity index (χ1) is 8.49.